The quantitative estimate of drug-likeness (QED) is 0.330. The van der Waals surface area contributed by atoms with Crippen LogP contribution >= 0.6 is 0 Å². The first-order valence-corrected chi connectivity index (χ1v) is 11.9. The van der Waals surface area contributed by atoms with E-state index in [9.17, 15) is 17.6 Å². The Bertz CT molecular complexity index is 1460. The number of halogens is 1. The van der Waals surface area contributed by atoms with Gasteiger partial charge in [-0.3, -0.25) is 9.52 Å². The van der Waals surface area contributed by atoms with Crippen LogP contribution in [0.2, 0.25) is 0 Å². The van der Waals surface area contributed by atoms with E-state index in [0.717, 1.165) is 6.07 Å². The molecular weight excluding hydrogens is 471 g/mol. The van der Waals surface area contributed by atoms with Crippen molar-refractivity contribution >= 4 is 27.3 Å². The maximum Gasteiger partial charge on any atom is 0.262 e. The van der Waals surface area contributed by atoms with Gasteiger partial charge in [-0.25, -0.2) is 12.8 Å². The Kier molecular flexibility index (Phi) is 6.98. The summed E-state index contributed by atoms with van der Waals surface area (Å²) in [6, 6.07) is 25.0. The Hall–Kier alpha value is -4.37. The minimum absolute atomic E-state index is 0.0671. The normalized spacial score (nSPS) is 10.9. The van der Waals surface area contributed by atoms with E-state index >= 15 is 0 Å². The van der Waals surface area contributed by atoms with Crippen LogP contribution in [-0.4, -0.2) is 21.4 Å². The maximum atomic E-state index is 14.0. The first-order valence-electron chi connectivity index (χ1n) is 10.5. The van der Waals surface area contributed by atoms with Crippen LogP contribution in [-0.2, 0) is 10.0 Å². The van der Waals surface area contributed by atoms with Gasteiger partial charge >= 0.3 is 0 Å². The third-order valence-electron chi connectivity index (χ3n) is 4.95. The van der Waals surface area contributed by atoms with Crippen LogP contribution in [0.15, 0.2) is 102 Å². The fourth-order valence-electron chi connectivity index (χ4n) is 3.25. The summed E-state index contributed by atoms with van der Waals surface area (Å²) in [5.41, 5.74) is 0.106. The Balaban J connectivity index is 1.62. The summed E-state index contributed by atoms with van der Waals surface area (Å²) in [5, 5.41) is 2.52. The van der Waals surface area contributed by atoms with E-state index in [1.165, 1.54) is 43.5 Å². The summed E-state index contributed by atoms with van der Waals surface area (Å²) in [6.45, 7) is 0. The van der Waals surface area contributed by atoms with Gasteiger partial charge in [-0.1, -0.05) is 42.5 Å². The minimum Gasteiger partial charge on any atom is -0.495 e. The van der Waals surface area contributed by atoms with E-state index in [1.807, 2.05) is 6.07 Å². The Morgan fingerprint density at radius 1 is 0.800 bits per heavy atom. The number of nitrogens with one attached hydrogen (secondary N) is 2. The average Bonchev–Trinajstić information content (AvgIpc) is 2.86. The smallest absolute Gasteiger partial charge is 0.262 e. The summed E-state index contributed by atoms with van der Waals surface area (Å²) in [6.07, 6.45) is 0. The van der Waals surface area contributed by atoms with Crippen molar-refractivity contribution in [2.75, 3.05) is 17.1 Å². The molecule has 0 aromatic heterocycles. The molecule has 0 aliphatic rings. The monoisotopic (exact) mass is 492 g/mol. The number of carbonyl (C=O) groups is 1. The molecule has 178 valence electrons. The van der Waals surface area contributed by atoms with E-state index in [4.69, 9.17) is 9.47 Å². The number of methoxy groups -OCH3 is 1. The molecule has 0 unspecified atom stereocenters. The van der Waals surface area contributed by atoms with Crippen molar-refractivity contribution in [2.45, 2.75) is 4.90 Å². The Labute approximate surface area is 202 Å². The predicted octanol–water partition coefficient (Wildman–Crippen LogP) is 5.68. The number of para-hydroxylation sites is 3. The molecule has 0 aliphatic heterocycles. The molecule has 0 heterocycles. The maximum absolute atomic E-state index is 14.0. The van der Waals surface area contributed by atoms with Gasteiger partial charge in [0.05, 0.1) is 28.9 Å². The number of anilines is 2. The molecule has 0 spiro atoms. The fourth-order valence-corrected chi connectivity index (χ4v) is 4.34. The zero-order valence-corrected chi connectivity index (χ0v) is 19.4. The highest BCUT2D eigenvalue weighted by atomic mass is 32.2. The van der Waals surface area contributed by atoms with Crippen molar-refractivity contribution in [1.82, 2.24) is 0 Å². The summed E-state index contributed by atoms with van der Waals surface area (Å²) in [5.74, 6) is -0.387. The molecule has 7 nitrogen and oxygen atoms in total. The van der Waals surface area contributed by atoms with Crippen LogP contribution in [0.5, 0.6) is 17.2 Å². The van der Waals surface area contributed by atoms with E-state index in [-0.39, 0.29) is 27.6 Å². The Morgan fingerprint density at radius 2 is 1.49 bits per heavy atom. The zero-order valence-electron chi connectivity index (χ0n) is 18.6. The lowest BCUT2D eigenvalue weighted by atomic mass is 10.2. The standard InChI is InChI=1S/C26H21FN2O5S/c1-33-24-16-15-19(17-23(24)28-26(30)20-11-5-6-12-21(20)27)35(31,32)29-22-13-7-8-14-25(22)34-18-9-3-2-4-10-18/h2-17,29H,1H3,(H,28,30). The van der Waals surface area contributed by atoms with Crippen molar-refractivity contribution in [3.63, 3.8) is 0 Å². The molecule has 9 heteroatoms. The first kappa shape index (κ1) is 23.8. The van der Waals surface area contributed by atoms with Crippen LogP contribution in [0, 0.1) is 5.82 Å². The van der Waals surface area contributed by atoms with Gasteiger partial charge in [0.15, 0.2) is 5.75 Å². The Morgan fingerprint density at radius 3 is 2.23 bits per heavy atom. The highest BCUT2D eigenvalue weighted by Crippen LogP contribution is 2.33. The molecule has 0 saturated carbocycles. The molecule has 4 aromatic carbocycles. The van der Waals surface area contributed by atoms with Crippen molar-refractivity contribution in [2.24, 2.45) is 0 Å². The van der Waals surface area contributed by atoms with E-state index in [1.54, 1.807) is 48.5 Å². The SMILES string of the molecule is COc1ccc(S(=O)(=O)Nc2ccccc2Oc2ccccc2)cc1NC(=O)c1ccccc1F. The first-order chi connectivity index (χ1) is 16.9. The highest BCUT2D eigenvalue weighted by molar-refractivity contribution is 7.92. The van der Waals surface area contributed by atoms with Crippen molar-refractivity contribution < 1.29 is 27.1 Å². The summed E-state index contributed by atoms with van der Waals surface area (Å²) >= 11 is 0. The molecule has 35 heavy (non-hydrogen) atoms. The molecule has 0 aliphatic carbocycles. The van der Waals surface area contributed by atoms with Gasteiger partial charge in [-0.05, 0) is 54.6 Å². The molecule has 0 atom stereocenters. The third kappa shape index (κ3) is 5.59. The molecule has 0 radical (unpaired) electrons. The van der Waals surface area contributed by atoms with Crippen molar-refractivity contribution in [3.05, 3.63) is 108 Å². The second-order valence-corrected chi connectivity index (χ2v) is 9.00. The third-order valence-corrected chi connectivity index (χ3v) is 6.31. The van der Waals surface area contributed by atoms with Gasteiger partial charge in [0.2, 0.25) is 0 Å². The van der Waals surface area contributed by atoms with Crippen molar-refractivity contribution in [3.8, 4) is 17.2 Å². The zero-order chi connectivity index (χ0) is 24.8. The number of hydrogen-bond acceptors (Lipinski definition) is 5. The van der Waals surface area contributed by atoms with Crippen LogP contribution in [0.4, 0.5) is 15.8 Å². The van der Waals surface area contributed by atoms with Crippen LogP contribution in [0.25, 0.3) is 0 Å². The average molecular weight is 493 g/mol. The number of ether oxygens (including phenoxy) is 2. The number of hydrogen-bond donors (Lipinski definition) is 2. The number of sulfonamides is 1. The highest BCUT2D eigenvalue weighted by Gasteiger charge is 2.20. The molecule has 4 rings (SSSR count). The molecular formula is C26H21FN2O5S. The summed E-state index contributed by atoms with van der Waals surface area (Å²) in [7, 11) is -2.72. The van der Waals surface area contributed by atoms with Gasteiger partial charge in [0, 0.05) is 0 Å². The second-order valence-electron chi connectivity index (χ2n) is 7.31. The lowest BCUT2D eigenvalue weighted by Gasteiger charge is -2.15. The van der Waals surface area contributed by atoms with Crippen LogP contribution in [0.3, 0.4) is 0 Å². The number of benzene rings is 4. The number of amides is 1. The molecule has 1 amide bonds. The van der Waals surface area contributed by atoms with Crippen LogP contribution < -0.4 is 19.5 Å². The molecule has 2 N–H and O–H groups in total. The summed E-state index contributed by atoms with van der Waals surface area (Å²) in [4.78, 5) is 12.4. The molecule has 0 saturated heterocycles. The fraction of sp³-hybridized carbons (Fsp3) is 0.0385. The number of rotatable bonds is 8. The van der Waals surface area contributed by atoms with E-state index < -0.39 is 21.7 Å². The number of carbonyl (C=O) groups excluding carboxylic acids is 1. The lowest BCUT2D eigenvalue weighted by molar-refractivity contribution is 0.102. The van der Waals surface area contributed by atoms with Gasteiger partial charge in [-0.2, -0.15) is 0 Å². The minimum atomic E-state index is -4.10. The predicted molar refractivity (Wildman–Crippen MR) is 131 cm³/mol. The lowest BCUT2D eigenvalue weighted by Crippen LogP contribution is -2.16. The molecule has 0 fully saturated rings. The van der Waals surface area contributed by atoms with Crippen molar-refractivity contribution in [1.29, 1.82) is 0 Å². The molecule has 4 aromatic rings. The van der Waals surface area contributed by atoms with Gasteiger partial charge in [0.1, 0.15) is 17.3 Å². The van der Waals surface area contributed by atoms with Gasteiger partial charge in [0.25, 0.3) is 15.9 Å². The van der Waals surface area contributed by atoms with E-state index in [2.05, 4.69) is 10.0 Å². The molecule has 0 bridgehead atoms. The van der Waals surface area contributed by atoms with E-state index in [0.29, 0.717) is 11.5 Å². The van der Waals surface area contributed by atoms with Crippen LogP contribution in [0.1, 0.15) is 10.4 Å². The van der Waals surface area contributed by atoms with Gasteiger partial charge in [-0.15, -0.1) is 0 Å². The largest absolute Gasteiger partial charge is 0.495 e. The topological polar surface area (TPSA) is 93.7 Å². The summed E-state index contributed by atoms with van der Waals surface area (Å²) < 4.78 is 54.0. The second kappa shape index (κ2) is 10.3. The van der Waals surface area contributed by atoms with Gasteiger partial charge < -0.3 is 14.8 Å².